The summed E-state index contributed by atoms with van der Waals surface area (Å²) in [6, 6.07) is 2.81. The molecule has 0 bridgehead atoms. The first-order valence-corrected chi connectivity index (χ1v) is 7.56. The van der Waals surface area contributed by atoms with Crippen LogP contribution in [-0.4, -0.2) is 28.4 Å². The monoisotopic (exact) mass is 293 g/mol. The van der Waals surface area contributed by atoms with E-state index in [9.17, 15) is 14.3 Å². The van der Waals surface area contributed by atoms with E-state index >= 15 is 0 Å². The molecule has 3 nitrogen and oxygen atoms in total. The average Bonchev–Trinajstić information content (AvgIpc) is 2.38. The standard InChI is InChI=1S/C17H24FNO2/c1-10-5-11(2)12(3)19(8-10)9-14-6-15(18)7-16(13(4)20)17(14)21/h6-7,10-12,21H,5,8-9H2,1-4H3. The Labute approximate surface area is 125 Å². The quantitative estimate of drug-likeness (QED) is 0.866. The summed E-state index contributed by atoms with van der Waals surface area (Å²) in [7, 11) is 0. The van der Waals surface area contributed by atoms with E-state index in [1.807, 2.05) is 0 Å². The first kappa shape index (κ1) is 16.0. The molecule has 1 aliphatic rings. The lowest BCUT2D eigenvalue weighted by Crippen LogP contribution is -2.45. The molecule has 0 spiro atoms. The van der Waals surface area contributed by atoms with Gasteiger partial charge in [-0.3, -0.25) is 9.69 Å². The maximum atomic E-state index is 13.7. The summed E-state index contributed by atoms with van der Waals surface area (Å²) in [4.78, 5) is 13.8. The Kier molecular flexibility index (Phi) is 4.67. The SMILES string of the molecule is CC(=O)c1cc(F)cc(CN2CC(C)CC(C)C2C)c1O. The Morgan fingerprint density at radius 2 is 2.05 bits per heavy atom. The summed E-state index contributed by atoms with van der Waals surface area (Å²) in [5, 5.41) is 10.2. The molecule has 21 heavy (non-hydrogen) atoms. The Morgan fingerprint density at radius 1 is 1.38 bits per heavy atom. The van der Waals surface area contributed by atoms with Crippen molar-refractivity contribution in [3.8, 4) is 5.75 Å². The zero-order chi connectivity index (χ0) is 15.7. The maximum absolute atomic E-state index is 13.7. The van der Waals surface area contributed by atoms with Crippen molar-refractivity contribution in [2.24, 2.45) is 11.8 Å². The summed E-state index contributed by atoms with van der Waals surface area (Å²) in [5.41, 5.74) is 0.559. The van der Waals surface area contributed by atoms with Crippen LogP contribution < -0.4 is 0 Å². The third kappa shape index (κ3) is 3.43. The molecule has 1 aliphatic heterocycles. The van der Waals surface area contributed by atoms with Gasteiger partial charge in [0.15, 0.2) is 5.78 Å². The van der Waals surface area contributed by atoms with E-state index in [1.165, 1.54) is 19.4 Å². The molecule has 3 atom stereocenters. The van der Waals surface area contributed by atoms with Crippen molar-refractivity contribution >= 4 is 5.78 Å². The van der Waals surface area contributed by atoms with Crippen molar-refractivity contribution in [3.63, 3.8) is 0 Å². The predicted octanol–water partition coefficient (Wildman–Crippen LogP) is 3.60. The zero-order valence-corrected chi connectivity index (χ0v) is 13.2. The highest BCUT2D eigenvalue weighted by atomic mass is 19.1. The molecule has 2 rings (SSSR count). The molecule has 0 aliphatic carbocycles. The molecular weight excluding hydrogens is 269 g/mol. The second-order valence-electron chi connectivity index (χ2n) is 6.51. The van der Waals surface area contributed by atoms with Crippen LogP contribution in [0.5, 0.6) is 5.75 Å². The van der Waals surface area contributed by atoms with Crippen LogP contribution in [0.3, 0.4) is 0 Å². The number of rotatable bonds is 3. The highest BCUT2D eigenvalue weighted by molar-refractivity contribution is 5.97. The summed E-state index contributed by atoms with van der Waals surface area (Å²) in [6.45, 7) is 9.34. The van der Waals surface area contributed by atoms with Crippen LogP contribution in [0.1, 0.15) is 50.0 Å². The predicted molar refractivity (Wildman–Crippen MR) is 80.9 cm³/mol. The van der Waals surface area contributed by atoms with E-state index in [-0.39, 0.29) is 17.1 Å². The van der Waals surface area contributed by atoms with Gasteiger partial charge in [0.25, 0.3) is 0 Å². The minimum absolute atomic E-state index is 0.0655. The van der Waals surface area contributed by atoms with Gasteiger partial charge in [0.2, 0.25) is 0 Å². The molecule has 1 aromatic carbocycles. The molecule has 1 aromatic rings. The molecule has 116 valence electrons. The van der Waals surface area contributed by atoms with Crippen LogP contribution >= 0.6 is 0 Å². The number of likely N-dealkylation sites (tertiary alicyclic amines) is 1. The normalized spacial score (nSPS) is 26.8. The van der Waals surface area contributed by atoms with Crippen LogP contribution in [-0.2, 0) is 6.54 Å². The van der Waals surface area contributed by atoms with E-state index in [1.54, 1.807) is 0 Å². The number of hydrogen-bond acceptors (Lipinski definition) is 3. The molecular formula is C17H24FNO2. The van der Waals surface area contributed by atoms with Crippen molar-refractivity contribution in [1.29, 1.82) is 0 Å². The van der Waals surface area contributed by atoms with Crippen LogP contribution in [0.4, 0.5) is 4.39 Å². The van der Waals surface area contributed by atoms with Crippen molar-refractivity contribution in [1.82, 2.24) is 4.90 Å². The molecule has 1 heterocycles. The maximum Gasteiger partial charge on any atom is 0.163 e. The average molecular weight is 293 g/mol. The second-order valence-corrected chi connectivity index (χ2v) is 6.51. The largest absolute Gasteiger partial charge is 0.507 e. The zero-order valence-electron chi connectivity index (χ0n) is 13.2. The molecule has 0 radical (unpaired) electrons. The highest BCUT2D eigenvalue weighted by Gasteiger charge is 2.29. The number of phenols is 1. The van der Waals surface area contributed by atoms with E-state index in [4.69, 9.17) is 0 Å². The van der Waals surface area contributed by atoms with Gasteiger partial charge < -0.3 is 5.11 Å². The van der Waals surface area contributed by atoms with Crippen LogP contribution in [0.2, 0.25) is 0 Å². The van der Waals surface area contributed by atoms with Crippen LogP contribution in [0.15, 0.2) is 12.1 Å². The fourth-order valence-electron chi connectivity index (χ4n) is 3.30. The van der Waals surface area contributed by atoms with Gasteiger partial charge in [-0.05, 0) is 44.2 Å². The second kappa shape index (κ2) is 6.14. The number of phenolic OH excluding ortho intramolecular Hbond substituents is 1. The molecule has 0 aromatic heterocycles. The lowest BCUT2D eigenvalue weighted by molar-refractivity contribution is 0.0721. The van der Waals surface area contributed by atoms with Gasteiger partial charge in [-0.25, -0.2) is 4.39 Å². The van der Waals surface area contributed by atoms with Gasteiger partial charge in [0.1, 0.15) is 11.6 Å². The van der Waals surface area contributed by atoms with Crippen molar-refractivity contribution in [2.45, 2.75) is 46.7 Å². The fourth-order valence-corrected chi connectivity index (χ4v) is 3.30. The fraction of sp³-hybridized carbons (Fsp3) is 0.588. The number of benzene rings is 1. The van der Waals surface area contributed by atoms with Crippen molar-refractivity contribution < 1.29 is 14.3 Å². The van der Waals surface area contributed by atoms with Gasteiger partial charge in [-0.2, -0.15) is 0 Å². The molecule has 3 unspecified atom stereocenters. The van der Waals surface area contributed by atoms with Crippen LogP contribution in [0.25, 0.3) is 0 Å². The summed E-state index contributed by atoms with van der Waals surface area (Å²) in [5.74, 6) is 0.276. The number of aromatic hydroxyl groups is 1. The van der Waals surface area contributed by atoms with E-state index in [0.717, 1.165) is 12.6 Å². The first-order chi connectivity index (χ1) is 9.79. The lowest BCUT2D eigenvalue weighted by Gasteiger charge is -2.41. The van der Waals surface area contributed by atoms with Gasteiger partial charge in [0, 0.05) is 24.7 Å². The molecule has 1 N–H and O–H groups in total. The molecule has 1 fully saturated rings. The highest BCUT2D eigenvalue weighted by Crippen LogP contribution is 2.31. The number of hydrogen-bond donors (Lipinski definition) is 1. The number of nitrogens with zero attached hydrogens (tertiary/aromatic N) is 1. The number of ketones is 1. The number of halogens is 1. The smallest absolute Gasteiger partial charge is 0.163 e. The Hall–Kier alpha value is -1.42. The van der Waals surface area contributed by atoms with E-state index in [2.05, 4.69) is 25.7 Å². The van der Waals surface area contributed by atoms with Gasteiger partial charge in [0.05, 0.1) is 5.56 Å². The van der Waals surface area contributed by atoms with Crippen molar-refractivity contribution in [2.75, 3.05) is 6.54 Å². The van der Waals surface area contributed by atoms with Gasteiger partial charge >= 0.3 is 0 Å². The third-order valence-corrected chi connectivity index (χ3v) is 4.63. The molecule has 0 amide bonds. The van der Waals surface area contributed by atoms with E-state index in [0.29, 0.717) is 30.0 Å². The Morgan fingerprint density at radius 3 is 2.67 bits per heavy atom. The van der Waals surface area contributed by atoms with Gasteiger partial charge in [-0.15, -0.1) is 0 Å². The summed E-state index contributed by atoms with van der Waals surface area (Å²) < 4.78 is 13.7. The van der Waals surface area contributed by atoms with Crippen molar-refractivity contribution in [3.05, 3.63) is 29.1 Å². The lowest BCUT2D eigenvalue weighted by atomic mass is 9.85. The number of carbonyl (C=O) groups is 1. The van der Waals surface area contributed by atoms with Gasteiger partial charge in [-0.1, -0.05) is 13.8 Å². The van der Waals surface area contributed by atoms with E-state index < -0.39 is 5.82 Å². The first-order valence-electron chi connectivity index (χ1n) is 7.56. The summed E-state index contributed by atoms with van der Waals surface area (Å²) in [6.07, 6.45) is 1.19. The number of carbonyl (C=O) groups excluding carboxylic acids is 1. The molecule has 0 saturated carbocycles. The third-order valence-electron chi connectivity index (χ3n) is 4.63. The van der Waals surface area contributed by atoms with Crippen LogP contribution in [0, 0.1) is 17.7 Å². The summed E-state index contributed by atoms with van der Waals surface area (Å²) >= 11 is 0. The minimum Gasteiger partial charge on any atom is -0.507 e. The number of piperidine rings is 1. The molecule has 1 saturated heterocycles. The Balaban J connectivity index is 2.28. The topological polar surface area (TPSA) is 40.5 Å². The minimum atomic E-state index is -0.473. The number of Topliss-reactive ketones (excluding diaryl/α,β-unsaturated/α-hetero) is 1. The Bertz CT molecular complexity index is 544. The molecule has 4 heteroatoms.